The smallest absolute Gasteiger partial charge is 0.119 e. The van der Waals surface area contributed by atoms with Gasteiger partial charge in [-0.2, -0.15) is 0 Å². The molecule has 4 nitrogen and oxygen atoms in total. The quantitative estimate of drug-likeness (QED) is 0.338. The molecule has 1 aromatic rings. The molecule has 0 radical (unpaired) electrons. The Kier molecular flexibility index (Phi) is 23.4. The van der Waals surface area contributed by atoms with Crippen molar-refractivity contribution in [1.82, 2.24) is 9.80 Å². The van der Waals surface area contributed by atoms with Gasteiger partial charge in [0.25, 0.3) is 0 Å². The molecule has 1 saturated heterocycles. The Bertz CT molecular complexity index is 460. The molecule has 1 fully saturated rings. The number of nitrogens with zero attached hydrogens (tertiary/aromatic N) is 2. The van der Waals surface area contributed by atoms with Gasteiger partial charge in [-0.25, -0.2) is 0 Å². The molecule has 0 atom stereocenters. The number of halogens is 3. The molecule has 0 aromatic heterocycles. The first-order chi connectivity index (χ1) is 13.4. The molecule has 1 aliphatic rings. The van der Waals surface area contributed by atoms with Gasteiger partial charge in [-0.1, -0.05) is 50.3 Å². The predicted molar refractivity (Wildman–Crippen MR) is 137 cm³/mol. The average molecular weight is 485 g/mol. The average Bonchev–Trinajstić information content (AvgIpc) is 2.71. The van der Waals surface area contributed by atoms with Crippen LogP contribution in [-0.2, 0) is 0 Å². The van der Waals surface area contributed by atoms with E-state index in [4.69, 9.17) is 10.5 Å². The van der Waals surface area contributed by atoms with Gasteiger partial charge in [-0.3, -0.25) is 0 Å². The Labute approximate surface area is 203 Å². The van der Waals surface area contributed by atoms with Gasteiger partial charge in [0, 0.05) is 26.2 Å². The van der Waals surface area contributed by atoms with Crippen LogP contribution >= 0.6 is 37.2 Å². The van der Waals surface area contributed by atoms with Crippen LogP contribution in [0.5, 0.6) is 5.75 Å². The fourth-order valence-corrected chi connectivity index (χ4v) is 3.74. The normalized spacial score (nSPS) is 14.3. The van der Waals surface area contributed by atoms with E-state index in [1.807, 2.05) is 30.3 Å². The Balaban J connectivity index is 0. The highest BCUT2D eigenvalue weighted by Crippen LogP contribution is 2.11. The first kappa shape index (κ1) is 32.0. The number of piperazine rings is 1. The summed E-state index contributed by atoms with van der Waals surface area (Å²) in [5.74, 6) is 0.993. The minimum atomic E-state index is 0. The van der Waals surface area contributed by atoms with E-state index in [1.165, 1.54) is 97.1 Å². The van der Waals surface area contributed by atoms with Crippen LogP contribution in [0.4, 0.5) is 0 Å². The maximum absolute atomic E-state index is 5.75. The first-order valence-electron chi connectivity index (χ1n) is 11.2. The largest absolute Gasteiger partial charge is 0.494 e. The number of ether oxygens (including phenoxy) is 1. The van der Waals surface area contributed by atoms with Gasteiger partial charge in [-0.15, -0.1) is 37.2 Å². The minimum Gasteiger partial charge on any atom is -0.494 e. The second-order valence-corrected chi connectivity index (χ2v) is 7.82. The topological polar surface area (TPSA) is 41.7 Å². The van der Waals surface area contributed by atoms with Gasteiger partial charge in [0.1, 0.15) is 5.75 Å². The van der Waals surface area contributed by atoms with Crippen molar-refractivity contribution in [3.05, 3.63) is 30.3 Å². The zero-order chi connectivity index (χ0) is 19.0. The summed E-state index contributed by atoms with van der Waals surface area (Å²) in [7, 11) is 0. The van der Waals surface area contributed by atoms with Crippen LogP contribution in [0, 0.1) is 0 Å². The summed E-state index contributed by atoms with van der Waals surface area (Å²) in [6.45, 7) is 9.29. The van der Waals surface area contributed by atoms with Gasteiger partial charge >= 0.3 is 0 Å². The Morgan fingerprint density at radius 3 is 1.63 bits per heavy atom. The van der Waals surface area contributed by atoms with Crippen LogP contribution in [0.3, 0.4) is 0 Å². The Morgan fingerprint density at radius 2 is 1.10 bits per heavy atom. The van der Waals surface area contributed by atoms with Crippen LogP contribution in [0.15, 0.2) is 30.3 Å². The number of rotatable bonds is 15. The molecule has 2 N–H and O–H groups in total. The molecule has 178 valence electrons. The summed E-state index contributed by atoms with van der Waals surface area (Å²) in [5.41, 5.74) is 5.55. The van der Waals surface area contributed by atoms with Crippen molar-refractivity contribution >= 4 is 37.2 Å². The molecule has 0 saturated carbocycles. The lowest BCUT2D eigenvalue weighted by molar-refractivity contribution is 0.129. The molecule has 0 aliphatic carbocycles. The number of para-hydroxylation sites is 1. The van der Waals surface area contributed by atoms with Crippen molar-refractivity contribution in [3.63, 3.8) is 0 Å². The summed E-state index contributed by atoms with van der Waals surface area (Å²) < 4.78 is 5.75. The van der Waals surface area contributed by atoms with Crippen molar-refractivity contribution in [2.75, 3.05) is 52.4 Å². The third-order valence-corrected chi connectivity index (χ3v) is 5.52. The number of unbranched alkanes of at least 4 members (excludes halogenated alkanes) is 7. The molecule has 2 rings (SSSR count). The van der Waals surface area contributed by atoms with Crippen LogP contribution in [0.1, 0.15) is 57.8 Å². The molecule has 0 spiro atoms. The Hall–Kier alpha value is -0.230. The molecule has 7 heteroatoms. The Morgan fingerprint density at radius 1 is 0.633 bits per heavy atom. The van der Waals surface area contributed by atoms with Crippen LogP contribution in [-0.4, -0.2) is 62.2 Å². The minimum absolute atomic E-state index is 0. The zero-order valence-electron chi connectivity index (χ0n) is 18.5. The lowest BCUT2D eigenvalue weighted by Crippen LogP contribution is -2.46. The highest BCUT2D eigenvalue weighted by Gasteiger charge is 2.15. The van der Waals surface area contributed by atoms with E-state index in [2.05, 4.69) is 9.80 Å². The van der Waals surface area contributed by atoms with Gasteiger partial charge in [-0.05, 0) is 57.5 Å². The van der Waals surface area contributed by atoms with Crippen LogP contribution < -0.4 is 10.5 Å². The fourth-order valence-electron chi connectivity index (χ4n) is 3.74. The van der Waals surface area contributed by atoms with E-state index in [0.29, 0.717) is 0 Å². The van der Waals surface area contributed by atoms with Crippen LogP contribution in [0.2, 0.25) is 0 Å². The zero-order valence-corrected chi connectivity index (χ0v) is 21.0. The number of benzene rings is 1. The van der Waals surface area contributed by atoms with E-state index < -0.39 is 0 Å². The predicted octanol–water partition coefficient (Wildman–Crippen LogP) is 5.42. The number of nitrogens with two attached hydrogens (primary N) is 1. The monoisotopic (exact) mass is 483 g/mol. The molecule has 1 heterocycles. The van der Waals surface area contributed by atoms with E-state index in [9.17, 15) is 0 Å². The molecule has 0 bridgehead atoms. The van der Waals surface area contributed by atoms with Crippen molar-refractivity contribution < 1.29 is 4.74 Å². The highest BCUT2D eigenvalue weighted by molar-refractivity contribution is 5.86. The summed E-state index contributed by atoms with van der Waals surface area (Å²) >= 11 is 0. The number of hydrogen-bond donors (Lipinski definition) is 1. The lowest BCUT2D eigenvalue weighted by Gasteiger charge is -2.34. The molecular formula is C23H44Cl3N3O. The first-order valence-corrected chi connectivity index (χ1v) is 11.2. The van der Waals surface area contributed by atoms with E-state index in [1.54, 1.807) is 0 Å². The van der Waals surface area contributed by atoms with Crippen molar-refractivity contribution in [3.8, 4) is 5.75 Å². The lowest BCUT2D eigenvalue weighted by atomic mass is 10.1. The molecule has 1 aliphatic heterocycles. The summed E-state index contributed by atoms with van der Waals surface area (Å²) in [6.07, 6.45) is 11.7. The SMILES string of the molecule is Cl.Cl.Cl.NCCCCCCN1CCN(CCCCCCCOc2ccccc2)CC1. The van der Waals surface area contributed by atoms with E-state index in [-0.39, 0.29) is 37.2 Å². The third kappa shape index (κ3) is 15.6. The molecule has 0 unspecified atom stereocenters. The second kappa shape index (κ2) is 22.0. The van der Waals surface area contributed by atoms with E-state index in [0.717, 1.165) is 18.9 Å². The molecule has 1 aromatic carbocycles. The third-order valence-electron chi connectivity index (χ3n) is 5.52. The fraction of sp³-hybridized carbons (Fsp3) is 0.739. The molecule has 0 amide bonds. The van der Waals surface area contributed by atoms with Crippen molar-refractivity contribution in [1.29, 1.82) is 0 Å². The van der Waals surface area contributed by atoms with Gasteiger partial charge in [0.05, 0.1) is 6.61 Å². The van der Waals surface area contributed by atoms with Gasteiger partial charge in [0.2, 0.25) is 0 Å². The van der Waals surface area contributed by atoms with Crippen molar-refractivity contribution in [2.24, 2.45) is 5.73 Å². The maximum Gasteiger partial charge on any atom is 0.119 e. The standard InChI is InChI=1S/C23H41N3O.3ClH/c24-15-9-2-4-11-17-26-20-18-25(19-21-26)16-10-3-1-5-12-22-27-23-13-7-6-8-14-23;;;/h6-8,13-14H,1-5,9-12,15-22,24H2;3*1H. The van der Waals surface area contributed by atoms with E-state index >= 15 is 0 Å². The van der Waals surface area contributed by atoms with Crippen LogP contribution in [0.25, 0.3) is 0 Å². The molecule has 30 heavy (non-hydrogen) atoms. The molecular weight excluding hydrogens is 441 g/mol. The maximum atomic E-state index is 5.75. The van der Waals surface area contributed by atoms with Gasteiger partial charge in [0.15, 0.2) is 0 Å². The van der Waals surface area contributed by atoms with Crippen molar-refractivity contribution in [2.45, 2.75) is 57.8 Å². The van der Waals surface area contributed by atoms with Gasteiger partial charge < -0.3 is 20.3 Å². The summed E-state index contributed by atoms with van der Waals surface area (Å²) in [5, 5.41) is 0. The number of hydrogen-bond acceptors (Lipinski definition) is 4. The highest BCUT2D eigenvalue weighted by atomic mass is 35.5. The second-order valence-electron chi connectivity index (χ2n) is 7.82. The summed E-state index contributed by atoms with van der Waals surface area (Å²) in [6, 6.07) is 10.1. The summed E-state index contributed by atoms with van der Waals surface area (Å²) in [4.78, 5) is 5.30.